The summed E-state index contributed by atoms with van der Waals surface area (Å²) >= 11 is 0. The first-order valence-electron chi connectivity index (χ1n) is 13.0. The van der Waals surface area contributed by atoms with E-state index in [1.54, 1.807) is 6.92 Å². The van der Waals surface area contributed by atoms with Gasteiger partial charge in [-0.2, -0.15) is 0 Å². The summed E-state index contributed by atoms with van der Waals surface area (Å²) in [7, 11) is 1.20. The molecular weight excluding hydrogens is 503 g/mol. The summed E-state index contributed by atoms with van der Waals surface area (Å²) in [6.07, 6.45) is 0.919. The molecular formula is C28H33F5N4O. The van der Waals surface area contributed by atoms with Crippen LogP contribution in [0.1, 0.15) is 36.2 Å². The summed E-state index contributed by atoms with van der Waals surface area (Å²) in [4.78, 5) is 6.81. The molecule has 1 fully saturated rings. The Morgan fingerprint density at radius 1 is 1.13 bits per heavy atom. The fourth-order valence-corrected chi connectivity index (χ4v) is 5.88. The largest absolute Gasteiger partial charge is 0.380 e. The van der Waals surface area contributed by atoms with Gasteiger partial charge in [0.2, 0.25) is 0 Å². The van der Waals surface area contributed by atoms with Crippen LogP contribution >= 0.6 is 0 Å². The van der Waals surface area contributed by atoms with E-state index in [1.165, 1.54) is 24.1 Å². The van der Waals surface area contributed by atoms with Crippen molar-refractivity contribution >= 4 is 16.6 Å². The van der Waals surface area contributed by atoms with Crippen LogP contribution < -0.4 is 5.32 Å². The second-order valence-electron chi connectivity index (χ2n) is 10.5. The van der Waals surface area contributed by atoms with Crippen LogP contribution in [0.15, 0.2) is 36.4 Å². The van der Waals surface area contributed by atoms with E-state index in [4.69, 9.17) is 4.74 Å². The fraction of sp³-hybridized carbons (Fsp3) is 0.500. The molecule has 2 aromatic carbocycles. The number of aromatic nitrogens is 1. The Morgan fingerprint density at radius 2 is 1.84 bits per heavy atom. The first kappa shape index (κ1) is 26.9. The van der Waals surface area contributed by atoms with Crippen molar-refractivity contribution in [3.63, 3.8) is 0 Å². The lowest BCUT2D eigenvalue weighted by Gasteiger charge is -2.42. The molecule has 0 bridgehead atoms. The molecule has 2 aliphatic heterocycles. The predicted molar refractivity (Wildman–Crippen MR) is 138 cm³/mol. The molecule has 1 aromatic heterocycles. The number of likely N-dealkylation sites (tertiary alicyclic amines) is 1. The molecule has 5 nitrogen and oxygen atoms in total. The van der Waals surface area contributed by atoms with Crippen LogP contribution in [0.4, 0.5) is 27.6 Å². The van der Waals surface area contributed by atoms with Crippen LogP contribution in [0.2, 0.25) is 0 Å². The lowest BCUT2D eigenvalue weighted by atomic mass is 9.87. The Hall–Kier alpha value is -2.69. The number of methoxy groups -OCH3 is 1. The minimum absolute atomic E-state index is 0.00138. The van der Waals surface area contributed by atoms with Crippen molar-refractivity contribution in [1.29, 1.82) is 0 Å². The SMILES string of the molecule is COCC(F)(F)CN1[C@H](c2c(F)cc(NC3CN(CCCF)C3)cc2F)c2[nH]c3ccccc3c2C[C@H]1C. The highest BCUT2D eigenvalue weighted by Crippen LogP contribution is 2.44. The number of para-hydroxylation sites is 1. The van der Waals surface area contributed by atoms with Gasteiger partial charge in [0.1, 0.15) is 18.2 Å². The normalized spacial score (nSPS) is 21.0. The van der Waals surface area contributed by atoms with Crippen LogP contribution in [-0.4, -0.2) is 79.4 Å². The van der Waals surface area contributed by atoms with E-state index in [9.17, 15) is 13.2 Å². The van der Waals surface area contributed by atoms with Crippen LogP contribution in [-0.2, 0) is 11.2 Å². The van der Waals surface area contributed by atoms with Crippen LogP contribution in [0.25, 0.3) is 10.9 Å². The van der Waals surface area contributed by atoms with Crippen LogP contribution in [0.3, 0.4) is 0 Å². The van der Waals surface area contributed by atoms with Gasteiger partial charge >= 0.3 is 0 Å². The number of nitrogens with zero attached hydrogens (tertiary/aromatic N) is 2. The summed E-state index contributed by atoms with van der Waals surface area (Å²) < 4.78 is 78.3. The lowest BCUT2D eigenvalue weighted by Crippen LogP contribution is -2.54. The van der Waals surface area contributed by atoms with E-state index in [-0.39, 0.29) is 24.0 Å². The monoisotopic (exact) mass is 536 g/mol. The molecule has 0 unspecified atom stereocenters. The standard InChI is InChI=1S/C28H33F5N4O/c1-17-10-21-20-6-3-4-7-24(20)35-26(21)27(37(17)15-28(32,33)16-38-2)25-22(30)11-18(12-23(25)31)34-19-13-36(14-19)9-5-8-29/h3-4,6-7,11-12,17,19,27,34-35H,5,8-10,13-16H2,1-2H3/t17-,27-/m1/s1. The average Bonchev–Trinajstić information content (AvgIpc) is 3.19. The first-order chi connectivity index (χ1) is 18.2. The summed E-state index contributed by atoms with van der Waals surface area (Å²) in [6.45, 7) is 1.89. The van der Waals surface area contributed by atoms with E-state index in [2.05, 4.69) is 15.2 Å². The van der Waals surface area contributed by atoms with Crippen molar-refractivity contribution in [3.8, 4) is 0 Å². The van der Waals surface area contributed by atoms with Gasteiger partial charge in [-0.05, 0) is 43.5 Å². The van der Waals surface area contributed by atoms with Gasteiger partial charge in [-0.15, -0.1) is 0 Å². The van der Waals surface area contributed by atoms with Gasteiger partial charge in [0.15, 0.2) is 0 Å². The second kappa shape index (κ2) is 10.8. The Morgan fingerprint density at radius 3 is 2.53 bits per heavy atom. The highest BCUT2D eigenvalue weighted by Gasteiger charge is 2.43. The minimum Gasteiger partial charge on any atom is -0.380 e. The number of fused-ring (bicyclic) bond motifs is 3. The number of halogens is 5. The number of rotatable bonds is 10. The zero-order chi connectivity index (χ0) is 27.0. The zero-order valence-corrected chi connectivity index (χ0v) is 21.5. The number of ether oxygens (including phenoxy) is 1. The molecule has 5 rings (SSSR count). The molecule has 0 amide bonds. The molecule has 0 saturated carbocycles. The van der Waals surface area contributed by atoms with E-state index in [0.717, 1.165) is 16.5 Å². The second-order valence-corrected chi connectivity index (χ2v) is 10.5. The minimum atomic E-state index is -3.21. The number of hydrogen-bond acceptors (Lipinski definition) is 4. The quantitative estimate of drug-likeness (QED) is 0.335. The van der Waals surface area contributed by atoms with Gasteiger partial charge in [-0.25, -0.2) is 17.6 Å². The average molecular weight is 537 g/mol. The molecule has 0 aliphatic carbocycles. The van der Waals surface area contributed by atoms with Crippen molar-refractivity contribution in [2.75, 3.05) is 51.9 Å². The third-order valence-corrected chi connectivity index (χ3v) is 7.58. The van der Waals surface area contributed by atoms with Crippen LogP contribution in [0.5, 0.6) is 0 Å². The van der Waals surface area contributed by atoms with Crippen molar-refractivity contribution in [2.45, 2.75) is 43.8 Å². The van der Waals surface area contributed by atoms with E-state index in [0.29, 0.717) is 38.2 Å². The molecule has 2 N–H and O–H groups in total. The predicted octanol–water partition coefficient (Wildman–Crippen LogP) is 5.52. The van der Waals surface area contributed by atoms with E-state index >= 15 is 8.78 Å². The Bertz CT molecular complexity index is 1250. The lowest BCUT2D eigenvalue weighted by molar-refractivity contribution is -0.0966. The van der Waals surface area contributed by atoms with Crippen molar-refractivity contribution in [2.24, 2.45) is 0 Å². The Labute approximate surface area is 218 Å². The number of benzene rings is 2. The number of anilines is 1. The highest BCUT2D eigenvalue weighted by atomic mass is 19.3. The Balaban J connectivity index is 1.50. The summed E-state index contributed by atoms with van der Waals surface area (Å²) in [6, 6.07) is 8.52. The molecule has 3 aromatic rings. The van der Waals surface area contributed by atoms with Gasteiger partial charge in [0, 0.05) is 60.6 Å². The van der Waals surface area contributed by atoms with E-state index in [1.807, 2.05) is 24.3 Å². The van der Waals surface area contributed by atoms with E-state index < -0.39 is 42.8 Å². The van der Waals surface area contributed by atoms with Crippen LogP contribution in [0, 0.1) is 11.6 Å². The Kier molecular flexibility index (Phi) is 7.66. The maximum Gasteiger partial charge on any atom is 0.283 e. The van der Waals surface area contributed by atoms with Gasteiger partial charge < -0.3 is 15.0 Å². The van der Waals surface area contributed by atoms with Gasteiger partial charge in [-0.1, -0.05) is 18.2 Å². The maximum atomic E-state index is 15.8. The molecule has 0 radical (unpaired) electrons. The smallest absolute Gasteiger partial charge is 0.283 e. The summed E-state index contributed by atoms with van der Waals surface area (Å²) in [5.41, 5.74) is 2.23. The van der Waals surface area contributed by atoms with Gasteiger partial charge in [0.25, 0.3) is 5.92 Å². The molecule has 10 heteroatoms. The molecule has 0 spiro atoms. The number of aromatic amines is 1. The molecule has 2 atom stereocenters. The fourth-order valence-electron chi connectivity index (χ4n) is 5.88. The summed E-state index contributed by atoms with van der Waals surface area (Å²) in [5.74, 6) is -4.81. The van der Waals surface area contributed by atoms with Crippen molar-refractivity contribution in [3.05, 3.63) is 64.9 Å². The topological polar surface area (TPSA) is 43.5 Å². The maximum absolute atomic E-state index is 15.8. The number of alkyl halides is 3. The van der Waals surface area contributed by atoms with Gasteiger partial charge in [-0.3, -0.25) is 14.2 Å². The molecule has 3 heterocycles. The number of hydrogen-bond donors (Lipinski definition) is 2. The van der Waals surface area contributed by atoms with Crippen molar-refractivity contribution < 1.29 is 26.7 Å². The zero-order valence-electron chi connectivity index (χ0n) is 21.5. The molecule has 206 valence electrons. The van der Waals surface area contributed by atoms with Crippen molar-refractivity contribution in [1.82, 2.24) is 14.8 Å². The molecule has 2 aliphatic rings. The molecule has 1 saturated heterocycles. The summed E-state index contributed by atoms with van der Waals surface area (Å²) in [5, 5.41) is 4.06. The third-order valence-electron chi connectivity index (χ3n) is 7.58. The van der Waals surface area contributed by atoms with Gasteiger partial charge in [0.05, 0.1) is 25.3 Å². The highest BCUT2D eigenvalue weighted by molar-refractivity contribution is 5.85. The molecule has 38 heavy (non-hydrogen) atoms. The first-order valence-corrected chi connectivity index (χ1v) is 13.0. The number of H-pyrrole nitrogens is 1. The third kappa shape index (κ3) is 5.26. The number of nitrogens with one attached hydrogen (secondary N) is 2.